The van der Waals surface area contributed by atoms with Crippen molar-refractivity contribution in [1.29, 1.82) is 0 Å². The first kappa shape index (κ1) is 9.70. The van der Waals surface area contributed by atoms with Gasteiger partial charge in [0.1, 0.15) is 5.75 Å². The van der Waals surface area contributed by atoms with Crippen LogP contribution >= 0.6 is 0 Å². The summed E-state index contributed by atoms with van der Waals surface area (Å²) in [5.41, 5.74) is -0.378. The highest BCUT2D eigenvalue weighted by Gasteiger charge is 2.21. The zero-order valence-electron chi connectivity index (χ0n) is 7.01. The lowest BCUT2D eigenvalue weighted by molar-refractivity contribution is -0.0230. The van der Waals surface area contributed by atoms with Gasteiger partial charge in [-0.05, 0) is 6.07 Å². The Morgan fingerprint density at radius 1 is 1.62 bits per heavy atom. The molecule has 0 radical (unpaired) electrons. The first-order valence-electron chi connectivity index (χ1n) is 3.67. The minimum Gasteiger partial charge on any atom is -0.487 e. The summed E-state index contributed by atoms with van der Waals surface area (Å²) in [5.74, 6) is -2.74. The van der Waals surface area contributed by atoms with Crippen LogP contribution in [0.4, 0.5) is 8.78 Å². The van der Waals surface area contributed by atoms with Gasteiger partial charge in [0.25, 0.3) is 11.5 Å². The Morgan fingerprint density at radius 3 is 2.85 bits per heavy atom. The minimum atomic E-state index is -2.89. The topological polar surface area (TPSA) is 42.1 Å². The Bertz CT molecular complexity index is 329. The van der Waals surface area contributed by atoms with Crippen LogP contribution in [0.15, 0.2) is 23.1 Å². The van der Waals surface area contributed by atoms with Gasteiger partial charge in [0.15, 0.2) is 6.61 Å². The average Bonchev–Trinajstić information content (AvgIpc) is 2.00. The molecule has 0 saturated carbocycles. The van der Waals surface area contributed by atoms with Crippen LogP contribution in [-0.2, 0) is 0 Å². The van der Waals surface area contributed by atoms with Gasteiger partial charge in [-0.25, -0.2) is 8.78 Å². The number of hydrogen-bond acceptors (Lipinski definition) is 2. The number of alkyl halides is 2. The van der Waals surface area contributed by atoms with Crippen LogP contribution in [0.3, 0.4) is 0 Å². The summed E-state index contributed by atoms with van der Waals surface area (Å²) in [5, 5.41) is 0. The fourth-order valence-corrected chi connectivity index (χ4v) is 0.725. The molecule has 3 nitrogen and oxygen atoms in total. The highest BCUT2D eigenvalue weighted by molar-refractivity contribution is 5.16. The van der Waals surface area contributed by atoms with Gasteiger partial charge < -0.3 is 9.72 Å². The summed E-state index contributed by atoms with van der Waals surface area (Å²) in [4.78, 5) is 13.0. The molecule has 0 bridgehead atoms. The van der Waals surface area contributed by atoms with E-state index in [1.54, 1.807) is 0 Å². The molecule has 0 saturated heterocycles. The number of rotatable bonds is 3. The smallest absolute Gasteiger partial charge is 0.278 e. The number of hydrogen-bond donors (Lipinski definition) is 1. The van der Waals surface area contributed by atoms with Crippen molar-refractivity contribution >= 4 is 0 Å². The lowest BCUT2D eigenvalue weighted by Crippen LogP contribution is -2.21. The van der Waals surface area contributed by atoms with E-state index in [-0.39, 0.29) is 11.3 Å². The van der Waals surface area contributed by atoms with Crippen molar-refractivity contribution < 1.29 is 13.5 Å². The molecule has 0 amide bonds. The van der Waals surface area contributed by atoms with Crippen molar-refractivity contribution in [3.05, 3.63) is 28.7 Å². The van der Waals surface area contributed by atoms with Crippen LogP contribution in [0.5, 0.6) is 5.75 Å². The molecule has 1 aromatic rings. The van der Waals surface area contributed by atoms with Crippen molar-refractivity contribution in [2.24, 2.45) is 0 Å². The van der Waals surface area contributed by atoms with E-state index in [2.05, 4.69) is 9.72 Å². The van der Waals surface area contributed by atoms with E-state index in [1.165, 1.54) is 12.3 Å². The number of aromatic amines is 1. The third-order valence-electron chi connectivity index (χ3n) is 1.24. The Balaban J connectivity index is 2.60. The number of nitrogens with one attached hydrogen (secondary N) is 1. The molecule has 0 aromatic carbocycles. The molecule has 0 unspecified atom stereocenters. The van der Waals surface area contributed by atoms with Gasteiger partial charge in [-0.3, -0.25) is 4.79 Å². The van der Waals surface area contributed by atoms with E-state index >= 15 is 0 Å². The largest absolute Gasteiger partial charge is 0.487 e. The third kappa shape index (κ3) is 3.68. The van der Waals surface area contributed by atoms with Crippen molar-refractivity contribution in [1.82, 2.24) is 4.98 Å². The molecule has 0 fully saturated rings. The molecule has 0 aliphatic heterocycles. The summed E-state index contributed by atoms with van der Waals surface area (Å²) in [6.45, 7) is 0.0244. The van der Waals surface area contributed by atoms with Gasteiger partial charge >= 0.3 is 0 Å². The third-order valence-corrected chi connectivity index (χ3v) is 1.24. The van der Waals surface area contributed by atoms with Gasteiger partial charge in [-0.1, -0.05) is 0 Å². The highest BCUT2D eigenvalue weighted by Crippen LogP contribution is 2.14. The minimum absolute atomic E-state index is 0.144. The summed E-state index contributed by atoms with van der Waals surface area (Å²) in [7, 11) is 0. The van der Waals surface area contributed by atoms with Crippen molar-refractivity contribution in [2.75, 3.05) is 6.61 Å². The zero-order chi connectivity index (χ0) is 9.90. The second-order valence-electron chi connectivity index (χ2n) is 2.75. The van der Waals surface area contributed by atoms with E-state index < -0.39 is 12.5 Å². The van der Waals surface area contributed by atoms with Gasteiger partial charge in [0.2, 0.25) is 0 Å². The average molecular weight is 189 g/mol. The second-order valence-corrected chi connectivity index (χ2v) is 2.75. The molecule has 1 N–H and O–H groups in total. The number of aromatic nitrogens is 1. The first-order valence-corrected chi connectivity index (χ1v) is 3.67. The molecule has 0 aliphatic rings. The van der Waals surface area contributed by atoms with Crippen molar-refractivity contribution in [3.63, 3.8) is 0 Å². The van der Waals surface area contributed by atoms with E-state index in [9.17, 15) is 13.6 Å². The van der Waals surface area contributed by atoms with Crippen LogP contribution in [0.2, 0.25) is 0 Å². The normalized spacial score (nSPS) is 11.3. The summed E-state index contributed by atoms with van der Waals surface area (Å²) < 4.78 is 29.3. The maximum atomic E-state index is 12.3. The van der Waals surface area contributed by atoms with E-state index in [4.69, 9.17) is 0 Å². The SMILES string of the molecule is CC(F)(F)COc1cc[nH]c(=O)c1. The van der Waals surface area contributed by atoms with E-state index in [1.807, 2.05) is 0 Å². The maximum absolute atomic E-state index is 12.3. The Kier molecular flexibility index (Phi) is 2.65. The molecule has 1 rings (SSSR count). The van der Waals surface area contributed by atoms with Crippen LogP contribution in [0, 0.1) is 0 Å². The van der Waals surface area contributed by atoms with Crippen LogP contribution in [0.25, 0.3) is 0 Å². The number of pyridine rings is 1. The van der Waals surface area contributed by atoms with Gasteiger partial charge in [0.05, 0.1) is 0 Å². The fourth-order valence-electron chi connectivity index (χ4n) is 0.725. The van der Waals surface area contributed by atoms with Crippen LogP contribution < -0.4 is 10.3 Å². The van der Waals surface area contributed by atoms with Gasteiger partial charge in [-0.15, -0.1) is 0 Å². The summed E-state index contributed by atoms with van der Waals surface area (Å²) >= 11 is 0. The Labute approximate surface area is 73.4 Å². The molecule has 0 spiro atoms. The Hall–Kier alpha value is -1.39. The molecule has 72 valence electrons. The van der Waals surface area contributed by atoms with Gasteiger partial charge in [-0.2, -0.15) is 0 Å². The second kappa shape index (κ2) is 3.55. The highest BCUT2D eigenvalue weighted by atomic mass is 19.3. The van der Waals surface area contributed by atoms with Crippen LogP contribution in [-0.4, -0.2) is 17.5 Å². The first-order chi connectivity index (χ1) is 5.97. The molecule has 0 atom stereocenters. The number of H-pyrrole nitrogens is 1. The standard InChI is InChI=1S/C8H9F2NO2/c1-8(9,10)5-13-6-2-3-11-7(12)4-6/h2-4H,5H2,1H3,(H,11,12). The molecular weight excluding hydrogens is 180 g/mol. The monoisotopic (exact) mass is 189 g/mol. The summed E-state index contributed by atoms with van der Waals surface area (Å²) in [6, 6.07) is 2.53. The van der Waals surface area contributed by atoms with E-state index in [0.29, 0.717) is 0 Å². The maximum Gasteiger partial charge on any atom is 0.278 e. The lowest BCUT2D eigenvalue weighted by Gasteiger charge is -2.11. The predicted molar refractivity (Wildman–Crippen MR) is 43.2 cm³/mol. The molecule has 5 heteroatoms. The van der Waals surface area contributed by atoms with Crippen LogP contribution in [0.1, 0.15) is 6.92 Å². The molecule has 1 aromatic heterocycles. The van der Waals surface area contributed by atoms with Crippen molar-refractivity contribution in [3.8, 4) is 5.75 Å². The fraction of sp³-hybridized carbons (Fsp3) is 0.375. The van der Waals surface area contributed by atoms with Gasteiger partial charge in [0, 0.05) is 19.2 Å². The molecular formula is C8H9F2NO2. The lowest BCUT2D eigenvalue weighted by atomic mass is 10.4. The predicted octanol–water partition coefficient (Wildman–Crippen LogP) is 1.41. The molecule has 0 aliphatic carbocycles. The number of halogens is 2. The Morgan fingerprint density at radius 2 is 2.31 bits per heavy atom. The number of ether oxygens (including phenoxy) is 1. The van der Waals surface area contributed by atoms with Crippen molar-refractivity contribution in [2.45, 2.75) is 12.8 Å². The summed E-state index contributed by atoms with van der Waals surface area (Å²) in [6.07, 6.45) is 1.34. The van der Waals surface area contributed by atoms with E-state index in [0.717, 1.165) is 13.0 Å². The quantitative estimate of drug-likeness (QED) is 0.781. The molecule has 1 heterocycles. The molecule has 13 heavy (non-hydrogen) atoms. The zero-order valence-corrected chi connectivity index (χ0v) is 7.01.